The maximum absolute atomic E-state index is 3.57. The number of rotatable bonds is 6. The number of nitrogens with one attached hydrogen (secondary N) is 1. The molecule has 0 aliphatic heterocycles. The van der Waals surface area contributed by atoms with Gasteiger partial charge in [0.15, 0.2) is 0 Å². The van der Waals surface area contributed by atoms with E-state index >= 15 is 0 Å². The van der Waals surface area contributed by atoms with E-state index < -0.39 is 0 Å². The summed E-state index contributed by atoms with van der Waals surface area (Å²) in [6.45, 7) is 9.88. The van der Waals surface area contributed by atoms with Crippen molar-refractivity contribution in [1.82, 2.24) is 0 Å². The fourth-order valence-corrected chi connectivity index (χ4v) is 2.62. The first-order chi connectivity index (χ1) is 10.1. The second kappa shape index (κ2) is 7.31. The summed E-state index contributed by atoms with van der Waals surface area (Å²) in [6.07, 6.45) is 1.16. The van der Waals surface area contributed by atoms with Crippen molar-refractivity contribution in [3.05, 3.63) is 65.2 Å². The molecule has 1 heteroatoms. The Balaban J connectivity index is 2.00. The minimum absolute atomic E-state index is 0.544. The van der Waals surface area contributed by atoms with E-state index in [1.807, 2.05) is 0 Å². The van der Waals surface area contributed by atoms with Crippen molar-refractivity contribution < 1.29 is 0 Å². The van der Waals surface area contributed by atoms with Gasteiger partial charge < -0.3 is 5.32 Å². The van der Waals surface area contributed by atoms with Crippen molar-refractivity contribution in [2.75, 3.05) is 5.32 Å². The quantitative estimate of drug-likeness (QED) is 0.724. The maximum Gasteiger partial charge on any atom is 0.0400 e. The molecule has 0 atom stereocenters. The van der Waals surface area contributed by atoms with Crippen LogP contribution in [0, 0.1) is 5.92 Å². The Bertz CT molecular complexity index is 552. The third-order valence-corrected chi connectivity index (χ3v) is 3.73. The van der Waals surface area contributed by atoms with Crippen LogP contribution in [0.1, 0.15) is 50.3 Å². The molecule has 112 valence electrons. The summed E-state index contributed by atoms with van der Waals surface area (Å²) in [7, 11) is 0. The molecule has 1 nitrogen and oxygen atoms in total. The van der Waals surface area contributed by atoms with Crippen molar-refractivity contribution in [2.45, 2.75) is 46.6 Å². The molecule has 0 fully saturated rings. The molecule has 0 spiro atoms. The molecule has 0 heterocycles. The predicted octanol–water partition coefficient (Wildman–Crippen LogP) is 5.62. The molecule has 0 bridgehead atoms. The molecule has 0 radical (unpaired) electrons. The Kier molecular flexibility index (Phi) is 5.44. The third kappa shape index (κ3) is 4.63. The lowest BCUT2D eigenvalue weighted by atomic mass is 10.0. The van der Waals surface area contributed by atoms with E-state index in [-0.39, 0.29) is 0 Å². The van der Waals surface area contributed by atoms with Crippen LogP contribution in [-0.4, -0.2) is 0 Å². The van der Waals surface area contributed by atoms with Gasteiger partial charge in [-0.3, -0.25) is 0 Å². The lowest BCUT2D eigenvalue weighted by Gasteiger charge is -2.15. The molecule has 0 unspecified atom stereocenters. The van der Waals surface area contributed by atoms with Crippen LogP contribution in [0.2, 0.25) is 0 Å². The molecule has 21 heavy (non-hydrogen) atoms. The molecular weight excluding hydrogens is 254 g/mol. The molecule has 0 aromatic heterocycles. The normalized spacial score (nSPS) is 11.1. The van der Waals surface area contributed by atoms with Crippen molar-refractivity contribution in [1.29, 1.82) is 0 Å². The fraction of sp³-hybridized carbons (Fsp3) is 0.400. The van der Waals surface area contributed by atoms with Crippen molar-refractivity contribution in [3.63, 3.8) is 0 Å². The topological polar surface area (TPSA) is 12.0 Å². The summed E-state index contributed by atoms with van der Waals surface area (Å²) in [4.78, 5) is 0. The van der Waals surface area contributed by atoms with Gasteiger partial charge in [-0.05, 0) is 41.0 Å². The fourth-order valence-electron chi connectivity index (χ4n) is 2.62. The lowest BCUT2D eigenvalue weighted by Crippen LogP contribution is -2.03. The minimum atomic E-state index is 0.544. The zero-order valence-corrected chi connectivity index (χ0v) is 13.7. The average molecular weight is 281 g/mol. The zero-order chi connectivity index (χ0) is 15.2. The summed E-state index contributed by atoms with van der Waals surface area (Å²) in [5.74, 6) is 1.26. The average Bonchev–Trinajstić information content (AvgIpc) is 2.46. The Labute approximate surface area is 129 Å². The Morgan fingerprint density at radius 2 is 1.43 bits per heavy atom. The van der Waals surface area contributed by atoms with Crippen LogP contribution in [-0.2, 0) is 13.0 Å². The Morgan fingerprint density at radius 1 is 0.810 bits per heavy atom. The van der Waals surface area contributed by atoms with E-state index in [0.29, 0.717) is 11.8 Å². The largest absolute Gasteiger partial charge is 0.381 e. The van der Waals surface area contributed by atoms with Gasteiger partial charge in [0.25, 0.3) is 0 Å². The second-order valence-electron chi connectivity index (χ2n) is 6.51. The SMILES string of the molecule is CC(C)Cc1ccc(CNc2ccccc2C(C)C)cc1. The highest BCUT2D eigenvalue weighted by atomic mass is 14.9. The van der Waals surface area contributed by atoms with E-state index in [1.165, 1.54) is 22.4 Å². The van der Waals surface area contributed by atoms with Crippen molar-refractivity contribution >= 4 is 5.69 Å². The molecule has 2 aromatic carbocycles. The first kappa shape index (κ1) is 15.6. The van der Waals surface area contributed by atoms with Crippen LogP contribution in [0.15, 0.2) is 48.5 Å². The lowest BCUT2D eigenvalue weighted by molar-refractivity contribution is 0.647. The number of hydrogen-bond donors (Lipinski definition) is 1. The van der Waals surface area contributed by atoms with Crippen LogP contribution >= 0.6 is 0 Å². The van der Waals surface area contributed by atoms with Gasteiger partial charge in [-0.15, -0.1) is 0 Å². The number of para-hydroxylation sites is 1. The molecule has 0 saturated heterocycles. The third-order valence-electron chi connectivity index (χ3n) is 3.73. The second-order valence-corrected chi connectivity index (χ2v) is 6.51. The Hall–Kier alpha value is -1.76. The number of anilines is 1. The van der Waals surface area contributed by atoms with Gasteiger partial charge in [-0.1, -0.05) is 70.2 Å². The van der Waals surface area contributed by atoms with Gasteiger partial charge in [-0.2, -0.15) is 0 Å². The molecule has 0 saturated carbocycles. The highest BCUT2D eigenvalue weighted by molar-refractivity contribution is 5.52. The van der Waals surface area contributed by atoms with Crippen LogP contribution in [0.3, 0.4) is 0 Å². The monoisotopic (exact) mass is 281 g/mol. The van der Waals surface area contributed by atoms with Gasteiger partial charge in [0, 0.05) is 12.2 Å². The first-order valence-electron chi connectivity index (χ1n) is 7.97. The number of benzene rings is 2. The molecule has 2 aromatic rings. The predicted molar refractivity (Wildman–Crippen MR) is 92.8 cm³/mol. The summed E-state index contributed by atoms with van der Waals surface area (Å²) in [5.41, 5.74) is 5.39. The van der Waals surface area contributed by atoms with Gasteiger partial charge in [0.1, 0.15) is 0 Å². The standard InChI is InChI=1S/C20H27N/c1-15(2)13-17-9-11-18(12-10-17)14-21-20-8-6-5-7-19(20)16(3)4/h5-12,15-16,21H,13-14H2,1-4H3. The van der Waals surface area contributed by atoms with E-state index in [0.717, 1.165) is 13.0 Å². The van der Waals surface area contributed by atoms with E-state index in [9.17, 15) is 0 Å². The van der Waals surface area contributed by atoms with Gasteiger partial charge >= 0.3 is 0 Å². The summed E-state index contributed by atoms with van der Waals surface area (Å²) in [6, 6.07) is 17.6. The molecule has 0 amide bonds. The summed E-state index contributed by atoms with van der Waals surface area (Å²) < 4.78 is 0. The maximum atomic E-state index is 3.57. The van der Waals surface area contributed by atoms with Crippen LogP contribution in [0.4, 0.5) is 5.69 Å². The summed E-state index contributed by atoms with van der Waals surface area (Å²) >= 11 is 0. The molecule has 0 aliphatic carbocycles. The van der Waals surface area contributed by atoms with Crippen LogP contribution < -0.4 is 5.32 Å². The van der Waals surface area contributed by atoms with Crippen LogP contribution in [0.5, 0.6) is 0 Å². The molecule has 0 aliphatic rings. The van der Waals surface area contributed by atoms with Gasteiger partial charge in [0.05, 0.1) is 0 Å². The molecule has 2 rings (SSSR count). The van der Waals surface area contributed by atoms with Gasteiger partial charge in [0.2, 0.25) is 0 Å². The molecular formula is C20H27N. The zero-order valence-electron chi connectivity index (χ0n) is 13.7. The van der Waals surface area contributed by atoms with E-state index in [4.69, 9.17) is 0 Å². The highest BCUT2D eigenvalue weighted by Gasteiger charge is 2.05. The van der Waals surface area contributed by atoms with Crippen LogP contribution in [0.25, 0.3) is 0 Å². The smallest absolute Gasteiger partial charge is 0.0400 e. The first-order valence-corrected chi connectivity index (χ1v) is 7.97. The number of hydrogen-bond acceptors (Lipinski definition) is 1. The van der Waals surface area contributed by atoms with Crippen molar-refractivity contribution in [3.8, 4) is 0 Å². The van der Waals surface area contributed by atoms with Gasteiger partial charge in [-0.25, -0.2) is 0 Å². The highest BCUT2D eigenvalue weighted by Crippen LogP contribution is 2.24. The van der Waals surface area contributed by atoms with E-state index in [1.54, 1.807) is 0 Å². The minimum Gasteiger partial charge on any atom is -0.381 e. The summed E-state index contributed by atoms with van der Waals surface area (Å²) in [5, 5.41) is 3.57. The Morgan fingerprint density at radius 3 is 2.05 bits per heavy atom. The van der Waals surface area contributed by atoms with E-state index in [2.05, 4.69) is 81.5 Å². The van der Waals surface area contributed by atoms with Crippen molar-refractivity contribution in [2.24, 2.45) is 5.92 Å². The molecule has 1 N–H and O–H groups in total.